The first kappa shape index (κ1) is 12.5. The number of carbonyl (C=O) groups excluding carboxylic acids is 1. The topological polar surface area (TPSA) is 41.6 Å². The third kappa shape index (κ3) is 2.45. The lowest BCUT2D eigenvalue weighted by Gasteiger charge is -2.44. The number of amides is 1. The van der Waals surface area contributed by atoms with Crippen LogP contribution in [0.2, 0.25) is 0 Å². The van der Waals surface area contributed by atoms with Crippen molar-refractivity contribution in [1.82, 2.24) is 10.2 Å². The van der Waals surface area contributed by atoms with Crippen LogP contribution in [0.15, 0.2) is 24.3 Å². The SMILES string of the molecule is COc1ccccc1C(=O)N[C@@H]1CN2CCC1CC2. The average Bonchev–Trinajstić information content (AvgIpc) is 2.48. The molecule has 1 N–H and O–H groups in total. The van der Waals surface area contributed by atoms with Crippen LogP contribution in [0.4, 0.5) is 0 Å². The van der Waals surface area contributed by atoms with Crippen molar-refractivity contribution in [3.63, 3.8) is 0 Å². The van der Waals surface area contributed by atoms with Crippen LogP contribution in [0.25, 0.3) is 0 Å². The van der Waals surface area contributed by atoms with Gasteiger partial charge in [-0.15, -0.1) is 0 Å². The predicted octanol–water partition coefficient (Wildman–Crippen LogP) is 1.52. The van der Waals surface area contributed by atoms with Crippen molar-refractivity contribution in [1.29, 1.82) is 0 Å². The van der Waals surface area contributed by atoms with Gasteiger partial charge in [0.25, 0.3) is 5.91 Å². The molecule has 4 heteroatoms. The normalized spacial score (nSPS) is 29.0. The van der Waals surface area contributed by atoms with E-state index in [0.29, 0.717) is 23.3 Å². The fourth-order valence-electron chi connectivity index (χ4n) is 3.21. The molecule has 4 rings (SSSR count). The first-order valence-corrected chi connectivity index (χ1v) is 6.94. The Morgan fingerprint density at radius 1 is 1.32 bits per heavy atom. The van der Waals surface area contributed by atoms with Crippen molar-refractivity contribution in [2.75, 3.05) is 26.7 Å². The maximum atomic E-state index is 12.4. The van der Waals surface area contributed by atoms with Gasteiger partial charge in [-0.1, -0.05) is 12.1 Å². The number of nitrogens with one attached hydrogen (secondary N) is 1. The highest BCUT2D eigenvalue weighted by Crippen LogP contribution is 2.28. The summed E-state index contributed by atoms with van der Waals surface area (Å²) in [4.78, 5) is 14.8. The highest BCUT2D eigenvalue weighted by Gasteiger charge is 2.35. The predicted molar refractivity (Wildman–Crippen MR) is 73.4 cm³/mol. The summed E-state index contributed by atoms with van der Waals surface area (Å²) in [6.07, 6.45) is 2.41. The lowest BCUT2D eigenvalue weighted by Crippen LogP contribution is -2.57. The number of methoxy groups -OCH3 is 1. The molecule has 3 aliphatic rings. The molecule has 4 nitrogen and oxygen atoms in total. The van der Waals surface area contributed by atoms with E-state index in [1.54, 1.807) is 7.11 Å². The molecule has 0 radical (unpaired) electrons. The fraction of sp³-hybridized carbons (Fsp3) is 0.533. The van der Waals surface area contributed by atoms with Crippen LogP contribution >= 0.6 is 0 Å². The summed E-state index contributed by atoms with van der Waals surface area (Å²) in [6, 6.07) is 7.68. The monoisotopic (exact) mass is 260 g/mol. The van der Waals surface area contributed by atoms with E-state index < -0.39 is 0 Å². The van der Waals surface area contributed by atoms with E-state index in [0.717, 1.165) is 6.54 Å². The molecule has 0 aliphatic carbocycles. The van der Waals surface area contributed by atoms with Gasteiger partial charge in [-0.05, 0) is 44.0 Å². The summed E-state index contributed by atoms with van der Waals surface area (Å²) < 4.78 is 5.25. The van der Waals surface area contributed by atoms with E-state index in [4.69, 9.17) is 4.74 Å². The second-order valence-corrected chi connectivity index (χ2v) is 5.42. The van der Waals surface area contributed by atoms with Crippen LogP contribution < -0.4 is 10.1 Å². The number of ether oxygens (including phenoxy) is 1. The molecule has 1 aromatic carbocycles. The fourth-order valence-corrected chi connectivity index (χ4v) is 3.21. The van der Waals surface area contributed by atoms with Crippen LogP contribution in [-0.4, -0.2) is 43.6 Å². The Hall–Kier alpha value is -1.55. The van der Waals surface area contributed by atoms with Gasteiger partial charge in [-0.3, -0.25) is 4.79 Å². The van der Waals surface area contributed by atoms with Gasteiger partial charge in [0.05, 0.1) is 12.7 Å². The Morgan fingerprint density at radius 3 is 2.68 bits per heavy atom. The Labute approximate surface area is 113 Å². The molecule has 0 unspecified atom stereocenters. The number of benzene rings is 1. The number of rotatable bonds is 3. The molecule has 1 amide bonds. The zero-order valence-electron chi connectivity index (χ0n) is 11.3. The van der Waals surface area contributed by atoms with E-state index in [1.165, 1.54) is 25.9 Å². The minimum absolute atomic E-state index is 0.0174. The van der Waals surface area contributed by atoms with Crippen molar-refractivity contribution >= 4 is 5.91 Å². The molecular weight excluding hydrogens is 240 g/mol. The van der Waals surface area contributed by atoms with Gasteiger partial charge in [0, 0.05) is 12.6 Å². The molecule has 0 saturated carbocycles. The summed E-state index contributed by atoms with van der Waals surface area (Å²) in [5.41, 5.74) is 0.626. The molecule has 0 spiro atoms. The van der Waals surface area contributed by atoms with E-state index in [1.807, 2.05) is 24.3 Å². The van der Waals surface area contributed by atoms with Gasteiger partial charge in [0.15, 0.2) is 0 Å². The number of piperidine rings is 3. The van der Waals surface area contributed by atoms with E-state index in [2.05, 4.69) is 10.2 Å². The highest BCUT2D eigenvalue weighted by atomic mass is 16.5. The van der Waals surface area contributed by atoms with E-state index >= 15 is 0 Å². The lowest BCUT2D eigenvalue weighted by atomic mass is 9.84. The minimum Gasteiger partial charge on any atom is -0.496 e. The Kier molecular flexibility index (Phi) is 3.42. The molecule has 3 aliphatic heterocycles. The molecule has 1 aromatic rings. The lowest BCUT2D eigenvalue weighted by molar-refractivity contribution is 0.0619. The Balaban J connectivity index is 1.71. The molecule has 3 saturated heterocycles. The summed E-state index contributed by atoms with van der Waals surface area (Å²) in [6.45, 7) is 3.36. The Bertz CT molecular complexity index is 467. The average molecular weight is 260 g/mol. The highest BCUT2D eigenvalue weighted by molar-refractivity contribution is 5.97. The van der Waals surface area contributed by atoms with Crippen molar-refractivity contribution in [2.24, 2.45) is 5.92 Å². The van der Waals surface area contributed by atoms with Crippen molar-refractivity contribution in [3.05, 3.63) is 29.8 Å². The summed E-state index contributed by atoms with van der Waals surface area (Å²) >= 11 is 0. The van der Waals surface area contributed by atoms with Crippen LogP contribution in [0.1, 0.15) is 23.2 Å². The first-order valence-electron chi connectivity index (χ1n) is 6.94. The minimum atomic E-state index is -0.0174. The quantitative estimate of drug-likeness (QED) is 0.896. The molecule has 2 bridgehead atoms. The van der Waals surface area contributed by atoms with Gasteiger partial charge in [-0.2, -0.15) is 0 Å². The van der Waals surface area contributed by atoms with Crippen LogP contribution in [0.3, 0.4) is 0 Å². The third-order valence-corrected chi connectivity index (χ3v) is 4.32. The molecule has 0 aromatic heterocycles. The number of hydrogen-bond donors (Lipinski definition) is 1. The zero-order valence-corrected chi connectivity index (χ0v) is 11.3. The number of nitrogens with zero attached hydrogens (tertiary/aromatic N) is 1. The summed E-state index contributed by atoms with van der Waals surface area (Å²) in [5, 5.41) is 3.18. The molecule has 3 heterocycles. The summed E-state index contributed by atoms with van der Waals surface area (Å²) in [5.74, 6) is 1.26. The standard InChI is InChI=1S/C15H20N2O2/c1-19-14-5-3-2-4-12(14)15(18)16-13-10-17-8-6-11(13)7-9-17/h2-5,11,13H,6-10H2,1H3,(H,16,18)/t13-/m1/s1. The number of hydrogen-bond acceptors (Lipinski definition) is 3. The second-order valence-electron chi connectivity index (χ2n) is 5.42. The van der Waals surface area contributed by atoms with Crippen LogP contribution in [0.5, 0.6) is 5.75 Å². The Morgan fingerprint density at radius 2 is 2.05 bits per heavy atom. The maximum Gasteiger partial charge on any atom is 0.255 e. The summed E-state index contributed by atoms with van der Waals surface area (Å²) in [7, 11) is 1.60. The first-order chi connectivity index (χ1) is 9.28. The molecule has 19 heavy (non-hydrogen) atoms. The van der Waals surface area contributed by atoms with Crippen molar-refractivity contribution in [3.8, 4) is 5.75 Å². The van der Waals surface area contributed by atoms with Crippen molar-refractivity contribution < 1.29 is 9.53 Å². The van der Waals surface area contributed by atoms with Gasteiger partial charge < -0.3 is 15.0 Å². The van der Waals surface area contributed by atoms with Crippen molar-refractivity contribution in [2.45, 2.75) is 18.9 Å². The van der Waals surface area contributed by atoms with Gasteiger partial charge >= 0.3 is 0 Å². The number of fused-ring (bicyclic) bond motifs is 3. The van der Waals surface area contributed by atoms with E-state index in [-0.39, 0.29) is 5.91 Å². The largest absolute Gasteiger partial charge is 0.496 e. The second kappa shape index (κ2) is 5.21. The molecule has 3 fully saturated rings. The number of para-hydroxylation sites is 1. The number of carbonyl (C=O) groups is 1. The van der Waals surface area contributed by atoms with Gasteiger partial charge in [0.2, 0.25) is 0 Å². The van der Waals surface area contributed by atoms with Gasteiger partial charge in [-0.25, -0.2) is 0 Å². The van der Waals surface area contributed by atoms with E-state index in [9.17, 15) is 4.79 Å². The molecule has 1 atom stereocenters. The smallest absolute Gasteiger partial charge is 0.255 e. The molecule has 102 valence electrons. The maximum absolute atomic E-state index is 12.4. The molecular formula is C15H20N2O2. The zero-order chi connectivity index (χ0) is 13.2. The van der Waals surface area contributed by atoms with Crippen LogP contribution in [-0.2, 0) is 0 Å². The third-order valence-electron chi connectivity index (χ3n) is 4.32. The van der Waals surface area contributed by atoms with Gasteiger partial charge in [0.1, 0.15) is 5.75 Å². The van der Waals surface area contributed by atoms with Crippen LogP contribution in [0, 0.1) is 5.92 Å².